The Morgan fingerprint density at radius 3 is 2.15 bits per heavy atom. The number of carboxylic acids is 1. The van der Waals surface area contributed by atoms with Crippen molar-refractivity contribution in [3.8, 4) is 11.1 Å². The third kappa shape index (κ3) is 3.33. The van der Waals surface area contributed by atoms with Crippen LogP contribution in [0.1, 0.15) is 10.4 Å². The van der Waals surface area contributed by atoms with Gasteiger partial charge in [-0.3, -0.25) is 0 Å². The summed E-state index contributed by atoms with van der Waals surface area (Å²) in [5.74, 6) is -4.66. The number of alkyl halides is 2. The summed E-state index contributed by atoms with van der Waals surface area (Å²) in [7, 11) is 0. The lowest BCUT2D eigenvalue weighted by Crippen LogP contribution is -2.00. The molecule has 0 aromatic heterocycles. The molecule has 0 heterocycles. The molecule has 2 rings (SSSR count). The van der Waals surface area contributed by atoms with Crippen LogP contribution in [0.4, 0.5) is 13.2 Å². The molecule has 2 aromatic carbocycles. The number of halogens is 3. The van der Waals surface area contributed by atoms with Crippen LogP contribution in [0, 0.1) is 5.82 Å². The maximum atomic E-state index is 13.6. The predicted molar refractivity (Wildman–Crippen MR) is 70.7 cm³/mol. The first kappa shape index (κ1) is 14.5. The van der Waals surface area contributed by atoms with Crippen molar-refractivity contribution < 1.29 is 23.1 Å². The van der Waals surface area contributed by atoms with E-state index in [1.54, 1.807) is 12.1 Å². The number of aromatic carboxylic acids is 1. The fraction of sp³-hybridized carbons (Fsp3) is 0.0714. The van der Waals surface area contributed by atoms with Crippen molar-refractivity contribution in [2.75, 3.05) is 0 Å². The maximum Gasteiger partial charge on any atom is 0.338 e. The lowest BCUT2D eigenvalue weighted by molar-refractivity contribution is 0.0692. The average Bonchev–Trinajstić information content (AvgIpc) is 2.38. The molecular formula is C14H9F3O2S. The van der Waals surface area contributed by atoms with Crippen molar-refractivity contribution in [3.63, 3.8) is 0 Å². The second-order valence-corrected chi connectivity index (χ2v) is 4.97. The summed E-state index contributed by atoms with van der Waals surface area (Å²) in [6.45, 7) is 0. The molecule has 0 unspecified atom stereocenters. The fourth-order valence-electron chi connectivity index (χ4n) is 1.70. The predicted octanol–water partition coefficient (Wildman–Crippen LogP) is 4.51. The Morgan fingerprint density at radius 2 is 1.65 bits per heavy atom. The van der Waals surface area contributed by atoms with Crippen LogP contribution in [0.25, 0.3) is 11.1 Å². The molecule has 104 valence electrons. The Hall–Kier alpha value is -1.95. The van der Waals surface area contributed by atoms with Crippen LogP contribution in [-0.2, 0) is 0 Å². The minimum atomic E-state index is -2.49. The quantitative estimate of drug-likeness (QED) is 0.844. The molecule has 6 heteroatoms. The van der Waals surface area contributed by atoms with Crippen LogP contribution < -0.4 is 0 Å². The Balaban J connectivity index is 2.28. The summed E-state index contributed by atoms with van der Waals surface area (Å²) in [6.07, 6.45) is 0. The third-order valence-corrected chi connectivity index (χ3v) is 3.33. The van der Waals surface area contributed by atoms with Crippen LogP contribution in [0.2, 0.25) is 0 Å². The van der Waals surface area contributed by atoms with Gasteiger partial charge < -0.3 is 5.11 Å². The molecule has 0 amide bonds. The second kappa shape index (κ2) is 6.00. The summed E-state index contributed by atoms with van der Waals surface area (Å²) >= 11 is 0.427. The van der Waals surface area contributed by atoms with Crippen molar-refractivity contribution in [2.45, 2.75) is 10.7 Å². The summed E-state index contributed by atoms with van der Waals surface area (Å²) in [5.41, 5.74) is 0.708. The van der Waals surface area contributed by atoms with E-state index in [-0.39, 0.29) is 0 Å². The molecule has 0 aliphatic carbocycles. The Labute approximate surface area is 117 Å². The number of benzene rings is 2. The number of rotatable bonds is 4. The first-order valence-electron chi connectivity index (χ1n) is 5.55. The normalized spacial score (nSPS) is 10.8. The summed E-state index contributed by atoms with van der Waals surface area (Å²) in [5, 5.41) is 8.73. The molecule has 0 saturated carbocycles. The van der Waals surface area contributed by atoms with E-state index in [1.165, 1.54) is 24.3 Å². The zero-order chi connectivity index (χ0) is 14.7. The zero-order valence-electron chi connectivity index (χ0n) is 10.0. The molecule has 0 aliphatic heterocycles. The molecule has 0 bridgehead atoms. The van der Waals surface area contributed by atoms with E-state index >= 15 is 0 Å². The van der Waals surface area contributed by atoms with Crippen LogP contribution in [0.3, 0.4) is 0 Å². The van der Waals surface area contributed by atoms with Gasteiger partial charge in [0, 0.05) is 4.90 Å². The van der Waals surface area contributed by atoms with Crippen LogP contribution >= 0.6 is 11.8 Å². The minimum Gasteiger partial charge on any atom is -0.478 e. The summed E-state index contributed by atoms with van der Waals surface area (Å²) < 4.78 is 37.9. The average molecular weight is 298 g/mol. The highest BCUT2D eigenvalue weighted by atomic mass is 32.2. The van der Waals surface area contributed by atoms with E-state index in [0.717, 1.165) is 6.07 Å². The van der Waals surface area contributed by atoms with Gasteiger partial charge in [0.15, 0.2) is 0 Å². The molecule has 0 spiro atoms. The van der Waals surface area contributed by atoms with Gasteiger partial charge in [-0.15, -0.1) is 0 Å². The van der Waals surface area contributed by atoms with Gasteiger partial charge in [-0.1, -0.05) is 30.0 Å². The Bertz CT molecular complexity index is 627. The van der Waals surface area contributed by atoms with Gasteiger partial charge in [-0.2, -0.15) is 8.78 Å². The lowest BCUT2D eigenvalue weighted by atomic mass is 10.0. The van der Waals surface area contributed by atoms with E-state index in [9.17, 15) is 18.0 Å². The SMILES string of the molecule is O=C(O)c1ccc(-c2ccc(SC(F)F)cc2)cc1F. The first-order chi connectivity index (χ1) is 9.47. The van der Waals surface area contributed by atoms with Crippen molar-refractivity contribution in [1.82, 2.24) is 0 Å². The largest absolute Gasteiger partial charge is 0.478 e. The molecule has 0 radical (unpaired) electrons. The molecule has 0 aliphatic rings. The summed E-state index contributed by atoms with van der Waals surface area (Å²) in [6, 6.07) is 9.94. The van der Waals surface area contributed by atoms with Gasteiger partial charge in [0.1, 0.15) is 5.82 Å². The van der Waals surface area contributed by atoms with E-state index in [0.29, 0.717) is 27.8 Å². The maximum absolute atomic E-state index is 13.6. The first-order valence-corrected chi connectivity index (χ1v) is 6.43. The van der Waals surface area contributed by atoms with Crippen molar-refractivity contribution in [1.29, 1.82) is 0 Å². The smallest absolute Gasteiger partial charge is 0.338 e. The topological polar surface area (TPSA) is 37.3 Å². The monoisotopic (exact) mass is 298 g/mol. The Morgan fingerprint density at radius 1 is 1.05 bits per heavy atom. The standard InChI is InChI=1S/C14H9F3O2S/c15-12-7-9(3-6-11(12)13(18)19)8-1-4-10(5-2-8)20-14(16)17/h1-7,14H,(H,18,19). The zero-order valence-corrected chi connectivity index (χ0v) is 10.8. The lowest BCUT2D eigenvalue weighted by Gasteiger charge is -2.05. The molecule has 1 N–H and O–H groups in total. The van der Waals surface area contributed by atoms with Gasteiger partial charge in [0.2, 0.25) is 0 Å². The van der Waals surface area contributed by atoms with Gasteiger partial charge in [-0.25, -0.2) is 9.18 Å². The fourth-order valence-corrected chi connectivity index (χ4v) is 2.20. The highest BCUT2D eigenvalue weighted by Gasteiger charge is 2.11. The van der Waals surface area contributed by atoms with Gasteiger partial charge in [0.25, 0.3) is 5.76 Å². The Kier molecular flexibility index (Phi) is 4.34. The number of carboxylic acid groups (broad SMARTS) is 1. The van der Waals surface area contributed by atoms with Gasteiger partial charge in [0.05, 0.1) is 5.56 Å². The molecule has 2 nitrogen and oxygen atoms in total. The number of thioether (sulfide) groups is 1. The highest BCUT2D eigenvalue weighted by molar-refractivity contribution is 7.99. The van der Waals surface area contributed by atoms with E-state index < -0.39 is 23.1 Å². The molecule has 0 saturated heterocycles. The van der Waals surface area contributed by atoms with Crippen molar-refractivity contribution >= 4 is 17.7 Å². The van der Waals surface area contributed by atoms with Crippen molar-refractivity contribution in [3.05, 3.63) is 53.8 Å². The second-order valence-electron chi connectivity index (χ2n) is 3.90. The van der Waals surface area contributed by atoms with Crippen LogP contribution in [0.15, 0.2) is 47.4 Å². The number of hydrogen-bond donors (Lipinski definition) is 1. The van der Waals surface area contributed by atoms with E-state index in [4.69, 9.17) is 5.11 Å². The van der Waals surface area contributed by atoms with Crippen LogP contribution in [-0.4, -0.2) is 16.8 Å². The van der Waals surface area contributed by atoms with Gasteiger partial charge in [-0.05, 0) is 35.4 Å². The molecule has 0 fully saturated rings. The van der Waals surface area contributed by atoms with E-state index in [2.05, 4.69) is 0 Å². The molecular weight excluding hydrogens is 289 g/mol. The number of hydrogen-bond acceptors (Lipinski definition) is 2. The van der Waals surface area contributed by atoms with Crippen LogP contribution in [0.5, 0.6) is 0 Å². The molecule has 2 aromatic rings. The van der Waals surface area contributed by atoms with Gasteiger partial charge >= 0.3 is 5.97 Å². The van der Waals surface area contributed by atoms with Crippen molar-refractivity contribution in [2.24, 2.45) is 0 Å². The highest BCUT2D eigenvalue weighted by Crippen LogP contribution is 2.28. The molecule has 0 atom stereocenters. The summed E-state index contributed by atoms with van der Waals surface area (Å²) in [4.78, 5) is 11.1. The minimum absolute atomic E-state index is 0.404. The third-order valence-electron chi connectivity index (χ3n) is 2.61. The van der Waals surface area contributed by atoms with E-state index in [1.807, 2.05) is 0 Å². The molecule has 20 heavy (non-hydrogen) atoms. The number of carbonyl (C=O) groups is 1.